The molecule has 5 aromatic carbocycles. The molecule has 4 heteroatoms. The Kier molecular flexibility index (Phi) is 5.56. The third-order valence-corrected chi connectivity index (χ3v) is 7.02. The smallest absolute Gasteiger partial charge is 0.151 e. The summed E-state index contributed by atoms with van der Waals surface area (Å²) in [6.07, 6.45) is 1.81. The van der Waals surface area contributed by atoms with E-state index in [0.717, 1.165) is 61.0 Å². The number of hydrogen-bond donors (Lipinski definition) is 1. The standard InChI is InChI=1S/C35H24N2O2/c38-33-17-5-2-12-27(33)24-10-9-11-26(22-24)37-31-16-4-1-13-28(31)29-14-3-6-18-34(29)39-35-20-19-25(23-32(35)37)30-15-7-8-21-36-30/h1-23,38H. The molecule has 0 aliphatic rings. The highest BCUT2D eigenvalue weighted by Crippen LogP contribution is 2.34. The second-order valence-electron chi connectivity index (χ2n) is 9.42. The van der Waals surface area contributed by atoms with E-state index in [1.54, 1.807) is 6.07 Å². The highest BCUT2D eigenvalue weighted by atomic mass is 16.3. The van der Waals surface area contributed by atoms with Gasteiger partial charge < -0.3 is 14.1 Å². The normalized spacial score (nSPS) is 11.2. The summed E-state index contributed by atoms with van der Waals surface area (Å²) in [6, 6.07) is 44.3. The van der Waals surface area contributed by atoms with Crippen LogP contribution in [0, 0.1) is 0 Å². The van der Waals surface area contributed by atoms with Crippen molar-refractivity contribution in [3.63, 3.8) is 0 Å². The molecule has 0 saturated heterocycles. The number of fused-ring (bicyclic) bond motifs is 4. The molecule has 186 valence electrons. The number of nitrogens with zero attached hydrogens (tertiary/aromatic N) is 2. The third kappa shape index (κ3) is 4.09. The van der Waals surface area contributed by atoms with Crippen molar-refractivity contribution in [2.45, 2.75) is 0 Å². The lowest BCUT2D eigenvalue weighted by Crippen LogP contribution is -1.99. The maximum absolute atomic E-state index is 10.6. The first-order valence-corrected chi connectivity index (χ1v) is 12.9. The molecule has 0 radical (unpaired) electrons. The van der Waals surface area contributed by atoms with Gasteiger partial charge in [-0.15, -0.1) is 0 Å². The van der Waals surface area contributed by atoms with Crippen LogP contribution in [0.5, 0.6) is 5.75 Å². The van der Waals surface area contributed by atoms with Crippen LogP contribution in [0.4, 0.5) is 0 Å². The number of benzene rings is 5. The highest BCUT2D eigenvalue weighted by molar-refractivity contribution is 6.04. The number of phenolic OH excluding ortho intramolecular Hbond substituents is 1. The summed E-state index contributed by atoms with van der Waals surface area (Å²) in [5.41, 5.74) is 8.01. The zero-order valence-corrected chi connectivity index (χ0v) is 21.0. The minimum Gasteiger partial charge on any atom is -0.507 e. The molecule has 2 aromatic heterocycles. The molecule has 39 heavy (non-hydrogen) atoms. The van der Waals surface area contributed by atoms with Gasteiger partial charge in [-0.1, -0.05) is 72.8 Å². The summed E-state index contributed by atoms with van der Waals surface area (Å²) >= 11 is 0. The van der Waals surface area contributed by atoms with Gasteiger partial charge in [-0.3, -0.25) is 4.98 Å². The van der Waals surface area contributed by atoms with E-state index in [0.29, 0.717) is 0 Å². The zero-order valence-electron chi connectivity index (χ0n) is 21.0. The van der Waals surface area contributed by atoms with E-state index >= 15 is 0 Å². The van der Waals surface area contributed by atoms with Crippen molar-refractivity contribution in [1.82, 2.24) is 9.55 Å². The van der Waals surface area contributed by atoms with Gasteiger partial charge in [0.1, 0.15) is 11.3 Å². The van der Waals surface area contributed by atoms with Crippen LogP contribution in [0.25, 0.3) is 61.0 Å². The fourth-order valence-electron chi connectivity index (χ4n) is 5.20. The van der Waals surface area contributed by atoms with Gasteiger partial charge in [-0.25, -0.2) is 0 Å². The molecular weight excluding hydrogens is 480 g/mol. The Morgan fingerprint density at radius 3 is 2.23 bits per heavy atom. The summed E-state index contributed by atoms with van der Waals surface area (Å²) in [6.45, 7) is 0. The van der Waals surface area contributed by atoms with Gasteiger partial charge in [0.2, 0.25) is 0 Å². The van der Waals surface area contributed by atoms with Crippen LogP contribution in [0.1, 0.15) is 0 Å². The Hall–Kier alpha value is -5.35. The van der Waals surface area contributed by atoms with E-state index in [1.165, 1.54) is 0 Å². The van der Waals surface area contributed by atoms with Gasteiger partial charge in [0.25, 0.3) is 0 Å². The number of rotatable bonds is 3. The number of phenols is 1. The molecule has 0 aliphatic carbocycles. The molecule has 7 aromatic rings. The quantitative estimate of drug-likeness (QED) is 0.261. The molecular formula is C35H24N2O2. The first kappa shape index (κ1) is 22.8. The molecule has 0 bridgehead atoms. The average molecular weight is 505 g/mol. The molecule has 0 aliphatic heterocycles. The average Bonchev–Trinajstić information content (AvgIpc) is 2.99. The summed E-state index contributed by atoms with van der Waals surface area (Å²) in [5.74, 6) is 0.248. The van der Waals surface area contributed by atoms with Crippen molar-refractivity contribution >= 4 is 33.0 Å². The maximum Gasteiger partial charge on any atom is 0.151 e. The van der Waals surface area contributed by atoms with Crippen LogP contribution in [-0.2, 0) is 0 Å². The Morgan fingerprint density at radius 2 is 1.36 bits per heavy atom. The molecule has 2 heterocycles. The Bertz CT molecular complexity index is 2040. The second-order valence-corrected chi connectivity index (χ2v) is 9.42. The van der Waals surface area contributed by atoms with Gasteiger partial charge in [-0.2, -0.15) is 0 Å². The molecule has 0 atom stereocenters. The lowest BCUT2D eigenvalue weighted by molar-refractivity contribution is 0.477. The van der Waals surface area contributed by atoms with E-state index in [9.17, 15) is 5.11 Å². The number of pyridine rings is 1. The Balaban J connectivity index is 1.65. The molecule has 0 amide bonds. The minimum absolute atomic E-state index is 0.248. The highest BCUT2D eigenvalue weighted by Gasteiger charge is 2.13. The summed E-state index contributed by atoms with van der Waals surface area (Å²) in [5, 5.41) is 12.7. The zero-order chi connectivity index (χ0) is 26.2. The molecule has 7 rings (SSSR count). The van der Waals surface area contributed by atoms with Crippen molar-refractivity contribution in [1.29, 1.82) is 0 Å². The van der Waals surface area contributed by atoms with Crippen molar-refractivity contribution in [2.75, 3.05) is 0 Å². The largest absolute Gasteiger partial charge is 0.507 e. The summed E-state index contributed by atoms with van der Waals surface area (Å²) in [4.78, 5) is 4.59. The number of aromatic hydroxyl groups is 1. The monoisotopic (exact) mass is 504 g/mol. The minimum atomic E-state index is 0.248. The topological polar surface area (TPSA) is 51.2 Å². The lowest BCUT2D eigenvalue weighted by atomic mass is 10.0. The third-order valence-electron chi connectivity index (χ3n) is 7.02. The number of para-hydroxylation sites is 3. The van der Waals surface area contributed by atoms with Gasteiger partial charge in [0, 0.05) is 33.8 Å². The van der Waals surface area contributed by atoms with Gasteiger partial charge in [0.05, 0.1) is 16.7 Å². The van der Waals surface area contributed by atoms with Crippen LogP contribution in [0.2, 0.25) is 0 Å². The van der Waals surface area contributed by atoms with E-state index in [4.69, 9.17) is 4.42 Å². The molecule has 0 unspecified atom stereocenters. The maximum atomic E-state index is 10.6. The molecule has 1 N–H and O–H groups in total. The Labute approximate surface area is 225 Å². The van der Waals surface area contributed by atoms with E-state index < -0.39 is 0 Å². The fraction of sp³-hybridized carbons (Fsp3) is 0. The molecule has 0 spiro atoms. The van der Waals surface area contributed by atoms with Gasteiger partial charge in [-0.05, 0) is 66.2 Å². The van der Waals surface area contributed by atoms with Crippen LogP contribution < -0.4 is 0 Å². The fourth-order valence-corrected chi connectivity index (χ4v) is 5.20. The Morgan fingerprint density at radius 1 is 0.564 bits per heavy atom. The molecule has 0 fully saturated rings. The van der Waals surface area contributed by atoms with Gasteiger partial charge >= 0.3 is 0 Å². The second kappa shape index (κ2) is 9.51. The SMILES string of the molecule is Oc1ccccc1-c1cccc(-n2c3cc(-c4ccccn4)ccc3oc3ccccc3c3ccccc32)c1. The first-order valence-electron chi connectivity index (χ1n) is 12.9. The first-order chi connectivity index (χ1) is 19.3. The van der Waals surface area contributed by atoms with Crippen LogP contribution in [0.3, 0.4) is 0 Å². The van der Waals surface area contributed by atoms with E-state index in [2.05, 4.69) is 58.1 Å². The van der Waals surface area contributed by atoms with Crippen LogP contribution >= 0.6 is 0 Å². The van der Waals surface area contributed by atoms with Gasteiger partial charge in [0.15, 0.2) is 5.58 Å². The van der Waals surface area contributed by atoms with Crippen molar-refractivity contribution in [3.8, 4) is 33.8 Å². The molecule has 0 saturated carbocycles. The van der Waals surface area contributed by atoms with Crippen molar-refractivity contribution < 1.29 is 9.52 Å². The number of hydrogen-bond acceptors (Lipinski definition) is 3. The molecule has 4 nitrogen and oxygen atoms in total. The predicted molar refractivity (Wildman–Crippen MR) is 159 cm³/mol. The van der Waals surface area contributed by atoms with Crippen LogP contribution in [0.15, 0.2) is 144 Å². The number of aromatic nitrogens is 2. The predicted octanol–water partition coefficient (Wildman–Crippen LogP) is 9.09. The van der Waals surface area contributed by atoms with Crippen molar-refractivity contribution in [3.05, 3.63) is 140 Å². The lowest BCUT2D eigenvalue weighted by Gasteiger charge is -2.16. The van der Waals surface area contributed by atoms with E-state index in [-0.39, 0.29) is 5.75 Å². The summed E-state index contributed by atoms with van der Waals surface area (Å²) in [7, 11) is 0. The van der Waals surface area contributed by atoms with E-state index in [1.807, 2.05) is 85.1 Å². The van der Waals surface area contributed by atoms with Crippen LogP contribution in [-0.4, -0.2) is 14.7 Å². The summed E-state index contributed by atoms with van der Waals surface area (Å²) < 4.78 is 8.85. The van der Waals surface area contributed by atoms with Crippen molar-refractivity contribution in [2.24, 2.45) is 0 Å².